The molecule has 0 saturated heterocycles. The van der Waals surface area contributed by atoms with E-state index in [1.807, 2.05) is 0 Å². The lowest BCUT2D eigenvalue weighted by atomic mass is 10.1. The first-order valence-corrected chi connectivity index (χ1v) is 7.55. The van der Waals surface area contributed by atoms with Crippen LogP contribution in [0.15, 0.2) is 40.2 Å². The molecule has 1 heterocycles. The molecule has 0 bridgehead atoms. The Morgan fingerprint density at radius 2 is 2.17 bits per heavy atom. The SMILES string of the molecule is CC(c1cccs1)N(C)c1ccc(Br)cc1CN. The van der Waals surface area contributed by atoms with E-state index in [2.05, 4.69) is 70.5 Å². The number of nitrogens with two attached hydrogens (primary N) is 1. The molecule has 4 heteroatoms. The van der Waals surface area contributed by atoms with Crippen molar-refractivity contribution in [3.8, 4) is 0 Å². The van der Waals surface area contributed by atoms with Crippen LogP contribution in [0.2, 0.25) is 0 Å². The summed E-state index contributed by atoms with van der Waals surface area (Å²) in [6.45, 7) is 2.77. The summed E-state index contributed by atoms with van der Waals surface area (Å²) in [5.74, 6) is 0. The van der Waals surface area contributed by atoms with E-state index >= 15 is 0 Å². The Morgan fingerprint density at radius 3 is 2.78 bits per heavy atom. The molecule has 2 aromatic rings. The van der Waals surface area contributed by atoms with Crippen molar-refractivity contribution >= 4 is 33.0 Å². The monoisotopic (exact) mass is 324 g/mol. The van der Waals surface area contributed by atoms with E-state index in [0.29, 0.717) is 12.6 Å². The normalized spacial score (nSPS) is 12.4. The molecule has 0 radical (unpaired) electrons. The average molecular weight is 325 g/mol. The molecule has 0 aliphatic heterocycles. The molecule has 1 aromatic carbocycles. The smallest absolute Gasteiger partial charge is 0.0603 e. The van der Waals surface area contributed by atoms with Crippen LogP contribution in [-0.2, 0) is 6.54 Å². The molecule has 18 heavy (non-hydrogen) atoms. The molecule has 0 spiro atoms. The van der Waals surface area contributed by atoms with Gasteiger partial charge in [-0.1, -0.05) is 22.0 Å². The zero-order valence-corrected chi connectivity index (χ0v) is 13.0. The van der Waals surface area contributed by atoms with Crippen LogP contribution in [-0.4, -0.2) is 7.05 Å². The molecule has 0 fully saturated rings. The van der Waals surface area contributed by atoms with Crippen LogP contribution >= 0.6 is 27.3 Å². The number of anilines is 1. The summed E-state index contributed by atoms with van der Waals surface area (Å²) in [6, 6.07) is 10.9. The van der Waals surface area contributed by atoms with Gasteiger partial charge in [-0.2, -0.15) is 0 Å². The second kappa shape index (κ2) is 5.87. The topological polar surface area (TPSA) is 29.3 Å². The molecule has 0 saturated carbocycles. The maximum Gasteiger partial charge on any atom is 0.0603 e. The van der Waals surface area contributed by atoms with Crippen LogP contribution < -0.4 is 10.6 Å². The van der Waals surface area contributed by atoms with Crippen molar-refractivity contribution in [2.75, 3.05) is 11.9 Å². The summed E-state index contributed by atoms with van der Waals surface area (Å²) in [7, 11) is 2.12. The number of thiophene rings is 1. The Balaban J connectivity index is 2.31. The van der Waals surface area contributed by atoms with E-state index in [9.17, 15) is 0 Å². The minimum absolute atomic E-state index is 0.358. The highest BCUT2D eigenvalue weighted by Gasteiger charge is 2.15. The summed E-state index contributed by atoms with van der Waals surface area (Å²) in [4.78, 5) is 3.64. The van der Waals surface area contributed by atoms with Crippen LogP contribution in [0.5, 0.6) is 0 Å². The Morgan fingerprint density at radius 1 is 1.39 bits per heavy atom. The lowest BCUT2D eigenvalue weighted by Crippen LogP contribution is -2.22. The highest BCUT2D eigenvalue weighted by Crippen LogP contribution is 2.31. The minimum Gasteiger partial charge on any atom is -0.367 e. The predicted molar refractivity (Wildman–Crippen MR) is 83.2 cm³/mol. The number of halogens is 1. The largest absolute Gasteiger partial charge is 0.367 e. The number of hydrogen-bond donors (Lipinski definition) is 1. The number of hydrogen-bond acceptors (Lipinski definition) is 3. The molecule has 1 aromatic heterocycles. The molecule has 2 nitrogen and oxygen atoms in total. The van der Waals surface area contributed by atoms with Crippen LogP contribution in [0, 0.1) is 0 Å². The van der Waals surface area contributed by atoms with Gasteiger partial charge < -0.3 is 10.6 Å². The molecular formula is C14H17BrN2S. The van der Waals surface area contributed by atoms with E-state index in [1.54, 1.807) is 11.3 Å². The van der Waals surface area contributed by atoms with Crippen LogP contribution in [0.3, 0.4) is 0 Å². The third kappa shape index (κ3) is 2.76. The van der Waals surface area contributed by atoms with Crippen molar-refractivity contribution in [3.63, 3.8) is 0 Å². The summed E-state index contributed by atoms with van der Waals surface area (Å²) in [6.07, 6.45) is 0. The molecule has 0 amide bonds. The second-order valence-electron chi connectivity index (χ2n) is 4.28. The molecular weight excluding hydrogens is 308 g/mol. The first kappa shape index (κ1) is 13.6. The van der Waals surface area contributed by atoms with Crippen LogP contribution in [0.4, 0.5) is 5.69 Å². The van der Waals surface area contributed by atoms with Gasteiger partial charge in [0.05, 0.1) is 6.04 Å². The van der Waals surface area contributed by atoms with Crippen molar-refractivity contribution in [1.82, 2.24) is 0 Å². The average Bonchev–Trinajstić information content (AvgIpc) is 2.90. The fourth-order valence-corrected chi connectivity index (χ4v) is 3.23. The van der Waals surface area contributed by atoms with Gasteiger partial charge in [0.2, 0.25) is 0 Å². The second-order valence-corrected chi connectivity index (χ2v) is 6.17. The van der Waals surface area contributed by atoms with Crippen molar-refractivity contribution in [2.24, 2.45) is 5.73 Å². The van der Waals surface area contributed by atoms with Gasteiger partial charge in [-0.15, -0.1) is 11.3 Å². The number of nitrogens with zero attached hydrogens (tertiary/aromatic N) is 1. The molecule has 96 valence electrons. The Bertz CT molecular complexity index is 511. The van der Waals surface area contributed by atoms with Gasteiger partial charge in [0.1, 0.15) is 0 Å². The number of benzene rings is 1. The lowest BCUT2D eigenvalue weighted by Gasteiger charge is -2.28. The van der Waals surface area contributed by atoms with Gasteiger partial charge in [-0.3, -0.25) is 0 Å². The highest BCUT2D eigenvalue weighted by molar-refractivity contribution is 9.10. The fourth-order valence-electron chi connectivity index (χ4n) is 1.99. The van der Waals surface area contributed by atoms with Crippen LogP contribution in [0.25, 0.3) is 0 Å². The summed E-state index contributed by atoms with van der Waals surface area (Å²) in [5.41, 5.74) is 8.19. The molecule has 0 aliphatic rings. The van der Waals surface area contributed by atoms with E-state index in [1.165, 1.54) is 10.6 Å². The fraction of sp³-hybridized carbons (Fsp3) is 0.286. The van der Waals surface area contributed by atoms with E-state index in [0.717, 1.165) is 10.0 Å². The van der Waals surface area contributed by atoms with Gasteiger partial charge >= 0.3 is 0 Å². The Labute approximate surface area is 121 Å². The van der Waals surface area contributed by atoms with E-state index in [4.69, 9.17) is 5.73 Å². The van der Waals surface area contributed by atoms with Crippen molar-refractivity contribution in [1.29, 1.82) is 0 Å². The zero-order valence-electron chi connectivity index (χ0n) is 10.6. The van der Waals surface area contributed by atoms with Gasteiger partial charge in [-0.25, -0.2) is 0 Å². The molecule has 2 N–H and O–H groups in total. The Kier molecular flexibility index (Phi) is 4.43. The summed E-state index contributed by atoms with van der Waals surface area (Å²) in [5, 5.41) is 2.12. The molecule has 1 unspecified atom stereocenters. The van der Waals surface area contributed by atoms with Gasteiger partial charge in [-0.05, 0) is 42.1 Å². The van der Waals surface area contributed by atoms with Gasteiger partial charge in [0.15, 0.2) is 0 Å². The van der Waals surface area contributed by atoms with Crippen molar-refractivity contribution in [2.45, 2.75) is 19.5 Å². The maximum atomic E-state index is 5.83. The standard InChI is InChI=1S/C14H17BrN2S/c1-10(14-4-3-7-18-14)17(2)13-6-5-12(15)8-11(13)9-16/h3-8,10H,9,16H2,1-2H3. The maximum absolute atomic E-state index is 5.83. The zero-order chi connectivity index (χ0) is 13.1. The molecule has 2 rings (SSSR count). The van der Waals surface area contributed by atoms with Gasteiger partial charge in [0.25, 0.3) is 0 Å². The highest BCUT2D eigenvalue weighted by atomic mass is 79.9. The first-order valence-electron chi connectivity index (χ1n) is 5.88. The first-order chi connectivity index (χ1) is 8.63. The third-order valence-electron chi connectivity index (χ3n) is 3.18. The minimum atomic E-state index is 0.358. The van der Waals surface area contributed by atoms with E-state index < -0.39 is 0 Å². The molecule has 1 atom stereocenters. The third-order valence-corrected chi connectivity index (χ3v) is 4.71. The lowest BCUT2D eigenvalue weighted by molar-refractivity contribution is 0.748. The predicted octanol–water partition coefficient (Wildman–Crippen LogP) is 4.17. The Hall–Kier alpha value is -0.840. The van der Waals surface area contributed by atoms with Gasteiger partial charge in [0, 0.05) is 28.6 Å². The number of rotatable bonds is 4. The van der Waals surface area contributed by atoms with E-state index in [-0.39, 0.29) is 0 Å². The quantitative estimate of drug-likeness (QED) is 0.914. The van der Waals surface area contributed by atoms with Crippen molar-refractivity contribution in [3.05, 3.63) is 50.6 Å². The summed E-state index contributed by atoms with van der Waals surface area (Å²) >= 11 is 5.28. The van der Waals surface area contributed by atoms with Crippen molar-refractivity contribution < 1.29 is 0 Å². The summed E-state index contributed by atoms with van der Waals surface area (Å²) < 4.78 is 1.07. The van der Waals surface area contributed by atoms with Crippen LogP contribution in [0.1, 0.15) is 23.4 Å². The molecule has 0 aliphatic carbocycles.